The van der Waals surface area contributed by atoms with Crippen molar-refractivity contribution in [2.45, 2.75) is 13.5 Å². The molecule has 0 fully saturated rings. The number of hydrogen-bond donors (Lipinski definition) is 1. The molecule has 1 aromatic heterocycles. The first-order chi connectivity index (χ1) is 15.0. The van der Waals surface area contributed by atoms with E-state index in [9.17, 15) is 4.39 Å². The summed E-state index contributed by atoms with van der Waals surface area (Å²) in [5, 5.41) is 14.2. The highest BCUT2D eigenvalue weighted by Crippen LogP contribution is 2.32. The van der Waals surface area contributed by atoms with Crippen LogP contribution in [0.25, 0.3) is 21.9 Å². The molecule has 4 rings (SSSR count). The molecule has 0 bridgehead atoms. The largest absolute Gasteiger partial charge is 0.497 e. The van der Waals surface area contributed by atoms with E-state index < -0.39 is 0 Å². The summed E-state index contributed by atoms with van der Waals surface area (Å²) in [6.07, 6.45) is 0. The van der Waals surface area contributed by atoms with Crippen molar-refractivity contribution in [3.05, 3.63) is 76.7 Å². The van der Waals surface area contributed by atoms with Crippen LogP contribution in [-0.2, 0) is 6.54 Å². The first kappa shape index (κ1) is 20.9. The summed E-state index contributed by atoms with van der Waals surface area (Å²) in [4.78, 5) is 0. The molecule has 3 aromatic carbocycles. The SMILES string of the molecule is COc1ccc(CNc2nnc(C)c3cc(-c4cc(Cl)ccc4F)ccc23)c(OC)c1. The van der Waals surface area contributed by atoms with Gasteiger partial charge in [0, 0.05) is 39.5 Å². The smallest absolute Gasteiger partial charge is 0.156 e. The number of halogens is 2. The van der Waals surface area contributed by atoms with E-state index in [4.69, 9.17) is 21.1 Å². The average molecular weight is 438 g/mol. The van der Waals surface area contributed by atoms with Gasteiger partial charge in [0.2, 0.25) is 0 Å². The number of methoxy groups -OCH3 is 2. The minimum Gasteiger partial charge on any atom is -0.497 e. The van der Waals surface area contributed by atoms with Crippen molar-refractivity contribution in [3.8, 4) is 22.6 Å². The number of aryl methyl sites for hydroxylation is 1. The Balaban J connectivity index is 1.69. The van der Waals surface area contributed by atoms with Crippen LogP contribution in [0.5, 0.6) is 11.5 Å². The molecule has 0 amide bonds. The van der Waals surface area contributed by atoms with Crippen LogP contribution in [0.2, 0.25) is 5.02 Å². The van der Waals surface area contributed by atoms with Crippen LogP contribution in [-0.4, -0.2) is 24.4 Å². The number of rotatable bonds is 6. The number of nitrogens with one attached hydrogen (secondary N) is 1. The molecule has 1 heterocycles. The fourth-order valence-electron chi connectivity index (χ4n) is 3.48. The highest BCUT2D eigenvalue weighted by molar-refractivity contribution is 6.30. The summed E-state index contributed by atoms with van der Waals surface area (Å²) in [5.41, 5.74) is 2.89. The quantitative estimate of drug-likeness (QED) is 0.399. The van der Waals surface area contributed by atoms with Crippen molar-refractivity contribution in [3.63, 3.8) is 0 Å². The van der Waals surface area contributed by atoms with Crippen molar-refractivity contribution >= 4 is 28.2 Å². The number of fused-ring (bicyclic) bond motifs is 1. The second-order valence-corrected chi connectivity index (χ2v) is 7.49. The molecule has 31 heavy (non-hydrogen) atoms. The van der Waals surface area contributed by atoms with Gasteiger partial charge >= 0.3 is 0 Å². The number of nitrogens with zero attached hydrogens (tertiary/aromatic N) is 2. The lowest BCUT2D eigenvalue weighted by atomic mass is 10.0. The van der Waals surface area contributed by atoms with Gasteiger partial charge in [0.1, 0.15) is 17.3 Å². The van der Waals surface area contributed by atoms with Gasteiger partial charge in [-0.15, -0.1) is 5.10 Å². The zero-order valence-corrected chi connectivity index (χ0v) is 18.1. The Morgan fingerprint density at radius 1 is 0.935 bits per heavy atom. The lowest BCUT2D eigenvalue weighted by Gasteiger charge is -2.14. The van der Waals surface area contributed by atoms with Crippen LogP contribution in [0.15, 0.2) is 54.6 Å². The third-order valence-electron chi connectivity index (χ3n) is 5.14. The summed E-state index contributed by atoms with van der Waals surface area (Å²) in [7, 11) is 3.24. The molecule has 0 unspecified atom stereocenters. The summed E-state index contributed by atoms with van der Waals surface area (Å²) >= 11 is 6.07. The van der Waals surface area contributed by atoms with Crippen molar-refractivity contribution < 1.29 is 13.9 Å². The summed E-state index contributed by atoms with van der Waals surface area (Å²) in [6, 6.07) is 15.9. The van der Waals surface area contributed by atoms with Gasteiger partial charge in [-0.1, -0.05) is 17.7 Å². The van der Waals surface area contributed by atoms with Crippen LogP contribution in [0, 0.1) is 12.7 Å². The van der Waals surface area contributed by atoms with Gasteiger partial charge in [0.25, 0.3) is 0 Å². The predicted molar refractivity (Wildman–Crippen MR) is 122 cm³/mol. The zero-order chi connectivity index (χ0) is 22.0. The molecular weight excluding hydrogens is 417 g/mol. The topological polar surface area (TPSA) is 56.3 Å². The Hall–Kier alpha value is -3.38. The molecule has 0 saturated carbocycles. The van der Waals surface area contributed by atoms with Crippen LogP contribution in [0.3, 0.4) is 0 Å². The number of hydrogen-bond acceptors (Lipinski definition) is 5. The zero-order valence-electron chi connectivity index (χ0n) is 17.4. The van der Waals surface area contributed by atoms with E-state index in [1.807, 2.05) is 43.3 Å². The van der Waals surface area contributed by atoms with Crippen LogP contribution in [0.1, 0.15) is 11.3 Å². The normalized spacial score (nSPS) is 10.9. The maximum absolute atomic E-state index is 14.3. The van der Waals surface area contributed by atoms with Crippen LogP contribution in [0.4, 0.5) is 10.2 Å². The van der Waals surface area contributed by atoms with E-state index in [0.717, 1.165) is 39.1 Å². The maximum Gasteiger partial charge on any atom is 0.156 e. The molecule has 4 aromatic rings. The molecule has 0 aliphatic rings. The third-order valence-corrected chi connectivity index (χ3v) is 5.38. The van der Waals surface area contributed by atoms with Crippen molar-refractivity contribution in [2.75, 3.05) is 19.5 Å². The highest BCUT2D eigenvalue weighted by Gasteiger charge is 2.12. The molecular formula is C24H21ClFN3O2. The molecule has 0 radical (unpaired) electrons. The van der Waals surface area contributed by atoms with Gasteiger partial charge in [0.05, 0.1) is 19.9 Å². The lowest BCUT2D eigenvalue weighted by Crippen LogP contribution is -2.06. The minimum absolute atomic E-state index is 0.326. The van der Waals surface area contributed by atoms with Crippen molar-refractivity contribution in [1.82, 2.24) is 10.2 Å². The molecule has 0 spiro atoms. The second-order valence-electron chi connectivity index (χ2n) is 7.05. The fourth-order valence-corrected chi connectivity index (χ4v) is 3.65. The Morgan fingerprint density at radius 2 is 1.77 bits per heavy atom. The van der Waals surface area contributed by atoms with E-state index in [1.165, 1.54) is 12.1 Å². The van der Waals surface area contributed by atoms with Crippen LogP contribution < -0.4 is 14.8 Å². The molecule has 0 atom stereocenters. The van der Waals surface area contributed by atoms with E-state index in [0.29, 0.717) is 22.9 Å². The highest BCUT2D eigenvalue weighted by atomic mass is 35.5. The summed E-state index contributed by atoms with van der Waals surface area (Å²) in [5.74, 6) is 1.75. The summed E-state index contributed by atoms with van der Waals surface area (Å²) < 4.78 is 25.1. The molecule has 0 saturated heterocycles. The predicted octanol–water partition coefficient (Wildman–Crippen LogP) is 6.03. The van der Waals surface area contributed by atoms with Gasteiger partial charge in [0.15, 0.2) is 5.82 Å². The second kappa shape index (κ2) is 8.78. The van der Waals surface area contributed by atoms with E-state index in [-0.39, 0.29) is 5.82 Å². The van der Waals surface area contributed by atoms with E-state index >= 15 is 0 Å². The first-order valence-corrected chi connectivity index (χ1v) is 10.0. The minimum atomic E-state index is -0.326. The Labute approximate surface area is 184 Å². The Morgan fingerprint density at radius 3 is 2.55 bits per heavy atom. The molecule has 5 nitrogen and oxygen atoms in total. The number of aromatic nitrogens is 2. The monoisotopic (exact) mass is 437 g/mol. The molecule has 1 N–H and O–H groups in total. The average Bonchev–Trinajstić information content (AvgIpc) is 2.80. The Kier molecular flexibility index (Phi) is 5.91. The van der Waals surface area contributed by atoms with E-state index in [1.54, 1.807) is 20.3 Å². The Bertz CT molecular complexity index is 1260. The molecule has 0 aliphatic heterocycles. The maximum atomic E-state index is 14.3. The standard InChI is InChI=1S/C24H21ClFN3O2/c1-14-20-10-15(21-11-17(25)6-9-22(21)26)5-8-19(20)24(29-28-14)27-13-16-4-7-18(30-2)12-23(16)31-3/h4-12H,13H2,1-3H3,(H,27,29). The van der Waals surface area contributed by atoms with Gasteiger partial charge in [-0.3, -0.25) is 0 Å². The van der Waals surface area contributed by atoms with E-state index in [2.05, 4.69) is 15.5 Å². The third kappa shape index (κ3) is 4.25. The van der Waals surface area contributed by atoms with Gasteiger partial charge in [-0.2, -0.15) is 5.10 Å². The molecule has 7 heteroatoms. The van der Waals surface area contributed by atoms with Gasteiger partial charge < -0.3 is 14.8 Å². The van der Waals surface area contributed by atoms with Gasteiger partial charge in [-0.05, 0) is 55.0 Å². The lowest BCUT2D eigenvalue weighted by molar-refractivity contribution is 0.391. The van der Waals surface area contributed by atoms with Gasteiger partial charge in [-0.25, -0.2) is 4.39 Å². The number of anilines is 1. The van der Waals surface area contributed by atoms with Crippen LogP contribution >= 0.6 is 11.6 Å². The molecule has 158 valence electrons. The number of benzene rings is 3. The van der Waals surface area contributed by atoms with Crippen molar-refractivity contribution in [2.24, 2.45) is 0 Å². The summed E-state index contributed by atoms with van der Waals surface area (Å²) in [6.45, 7) is 2.37. The van der Waals surface area contributed by atoms with Crippen molar-refractivity contribution in [1.29, 1.82) is 0 Å². The number of ether oxygens (including phenoxy) is 2. The molecule has 0 aliphatic carbocycles. The fraction of sp³-hybridized carbons (Fsp3) is 0.167. The first-order valence-electron chi connectivity index (χ1n) is 9.67.